The molecule has 2 N–H and O–H groups in total. The number of amides is 4. The number of imide groups is 1. The second-order valence-corrected chi connectivity index (χ2v) is 8.04. The third-order valence-corrected chi connectivity index (χ3v) is 5.37. The lowest BCUT2D eigenvalue weighted by atomic mass is 9.92. The van der Waals surface area contributed by atoms with E-state index in [1.807, 2.05) is 18.2 Å². The predicted molar refractivity (Wildman–Crippen MR) is 110 cm³/mol. The third-order valence-electron chi connectivity index (χ3n) is 4.63. The van der Waals surface area contributed by atoms with Gasteiger partial charge in [-0.05, 0) is 48.7 Å². The van der Waals surface area contributed by atoms with Crippen LogP contribution < -0.4 is 10.6 Å². The van der Waals surface area contributed by atoms with E-state index in [1.165, 1.54) is 0 Å². The van der Waals surface area contributed by atoms with E-state index >= 15 is 0 Å². The predicted octanol–water partition coefficient (Wildman–Crippen LogP) is 3.23. The van der Waals surface area contributed by atoms with E-state index in [2.05, 4.69) is 26.6 Å². The van der Waals surface area contributed by atoms with E-state index in [9.17, 15) is 14.4 Å². The third kappa shape index (κ3) is 4.36. The number of urea groups is 1. The Hall–Kier alpha value is -2.38. The highest BCUT2D eigenvalue weighted by molar-refractivity contribution is 9.10. The zero-order chi connectivity index (χ0) is 20.3. The zero-order valence-electron chi connectivity index (χ0n) is 15.2. The fraction of sp³-hybridized carbons (Fsp3) is 0.250. The van der Waals surface area contributed by atoms with Crippen LogP contribution >= 0.6 is 27.5 Å². The van der Waals surface area contributed by atoms with Crippen LogP contribution in [0.1, 0.15) is 18.1 Å². The smallest absolute Gasteiger partial charge is 0.325 e. The van der Waals surface area contributed by atoms with Crippen LogP contribution in [-0.2, 0) is 21.5 Å². The van der Waals surface area contributed by atoms with Gasteiger partial charge < -0.3 is 10.6 Å². The van der Waals surface area contributed by atoms with Crippen molar-refractivity contribution in [1.29, 1.82) is 0 Å². The van der Waals surface area contributed by atoms with Crippen molar-refractivity contribution in [2.45, 2.75) is 18.9 Å². The molecule has 146 valence electrons. The molecule has 1 heterocycles. The maximum absolute atomic E-state index is 12.8. The molecule has 2 aromatic rings. The van der Waals surface area contributed by atoms with E-state index in [4.69, 9.17) is 11.6 Å². The number of benzene rings is 2. The van der Waals surface area contributed by atoms with Gasteiger partial charge in [0.25, 0.3) is 5.91 Å². The Bertz CT molecular complexity index is 919. The van der Waals surface area contributed by atoms with Crippen LogP contribution in [0.2, 0.25) is 5.02 Å². The fourth-order valence-electron chi connectivity index (χ4n) is 3.03. The molecule has 1 saturated heterocycles. The van der Waals surface area contributed by atoms with E-state index in [0.29, 0.717) is 23.6 Å². The van der Waals surface area contributed by atoms with Crippen molar-refractivity contribution in [3.63, 3.8) is 0 Å². The lowest BCUT2D eigenvalue weighted by Gasteiger charge is -2.22. The van der Waals surface area contributed by atoms with Gasteiger partial charge in [0.15, 0.2) is 0 Å². The molecular formula is C20H19BrClN3O3. The van der Waals surface area contributed by atoms with Crippen molar-refractivity contribution in [2.24, 2.45) is 0 Å². The van der Waals surface area contributed by atoms with Gasteiger partial charge in [-0.15, -0.1) is 0 Å². The normalized spacial score (nSPS) is 18.9. The number of carbonyl (C=O) groups is 3. The summed E-state index contributed by atoms with van der Waals surface area (Å²) >= 11 is 9.21. The van der Waals surface area contributed by atoms with Gasteiger partial charge in [-0.2, -0.15) is 0 Å². The molecule has 0 aliphatic carbocycles. The fourth-order valence-corrected chi connectivity index (χ4v) is 3.56. The Labute approximate surface area is 176 Å². The number of halogens is 2. The van der Waals surface area contributed by atoms with Gasteiger partial charge in [-0.25, -0.2) is 4.79 Å². The molecule has 3 rings (SSSR count). The first-order valence-corrected chi connectivity index (χ1v) is 9.88. The summed E-state index contributed by atoms with van der Waals surface area (Å²) in [7, 11) is 0. The van der Waals surface area contributed by atoms with Crippen LogP contribution in [-0.4, -0.2) is 35.8 Å². The van der Waals surface area contributed by atoms with Gasteiger partial charge in [-0.3, -0.25) is 14.5 Å². The van der Waals surface area contributed by atoms with Crippen LogP contribution in [0.25, 0.3) is 0 Å². The van der Waals surface area contributed by atoms with Gasteiger partial charge in [0.2, 0.25) is 5.91 Å². The minimum Gasteiger partial charge on any atom is -0.354 e. The average molecular weight is 465 g/mol. The van der Waals surface area contributed by atoms with Crippen molar-refractivity contribution < 1.29 is 14.4 Å². The number of hydrogen-bond acceptors (Lipinski definition) is 3. The number of carbonyl (C=O) groups excluding carboxylic acids is 3. The monoisotopic (exact) mass is 463 g/mol. The van der Waals surface area contributed by atoms with Crippen LogP contribution in [0.3, 0.4) is 0 Å². The summed E-state index contributed by atoms with van der Waals surface area (Å²) in [6, 6.07) is 13.9. The van der Waals surface area contributed by atoms with Crippen LogP contribution in [0, 0.1) is 0 Å². The molecule has 1 atom stereocenters. The van der Waals surface area contributed by atoms with E-state index < -0.39 is 23.4 Å². The lowest BCUT2D eigenvalue weighted by Crippen LogP contribution is -2.43. The Balaban J connectivity index is 1.59. The maximum atomic E-state index is 12.8. The number of hydrogen-bond donors (Lipinski definition) is 2. The Morgan fingerprint density at radius 3 is 2.61 bits per heavy atom. The summed E-state index contributed by atoms with van der Waals surface area (Å²) < 4.78 is 0.798. The van der Waals surface area contributed by atoms with Crippen LogP contribution in [0.15, 0.2) is 53.0 Å². The second kappa shape index (κ2) is 8.32. The zero-order valence-corrected chi connectivity index (χ0v) is 17.5. The summed E-state index contributed by atoms with van der Waals surface area (Å²) in [4.78, 5) is 38.3. The van der Waals surface area contributed by atoms with Crippen molar-refractivity contribution in [3.05, 3.63) is 69.2 Å². The van der Waals surface area contributed by atoms with Gasteiger partial charge in [-0.1, -0.05) is 51.8 Å². The van der Waals surface area contributed by atoms with E-state index in [-0.39, 0.29) is 6.54 Å². The number of nitrogens with one attached hydrogen (secondary N) is 2. The van der Waals surface area contributed by atoms with Crippen molar-refractivity contribution in [2.75, 3.05) is 13.1 Å². The standard InChI is InChI=1S/C20H19BrClN3O3/c1-20(14-3-2-4-15(21)11-14)18(27)25(19(28)24-20)12-17(26)23-10-9-13-5-7-16(22)8-6-13/h2-8,11H,9-10,12H2,1H3,(H,23,26)(H,24,28). The topological polar surface area (TPSA) is 78.5 Å². The molecule has 2 aromatic carbocycles. The van der Waals surface area contributed by atoms with E-state index in [1.54, 1.807) is 37.3 Å². The second-order valence-electron chi connectivity index (χ2n) is 6.68. The first kappa shape index (κ1) is 20.4. The molecule has 0 radical (unpaired) electrons. The minimum atomic E-state index is -1.20. The van der Waals surface area contributed by atoms with Crippen molar-refractivity contribution in [1.82, 2.24) is 15.5 Å². The maximum Gasteiger partial charge on any atom is 0.325 e. The lowest BCUT2D eigenvalue weighted by molar-refractivity contribution is -0.134. The van der Waals surface area contributed by atoms with Gasteiger partial charge in [0.1, 0.15) is 12.1 Å². The molecule has 1 fully saturated rings. The Kier molecular flexibility index (Phi) is 6.05. The Morgan fingerprint density at radius 1 is 1.21 bits per heavy atom. The summed E-state index contributed by atoms with van der Waals surface area (Å²) in [5, 5.41) is 6.08. The molecular weight excluding hydrogens is 446 g/mol. The Morgan fingerprint density at radius 2 is 1.93 bits per heavy atom. The molecule has 0 bridgehead atoms. The quantitative estimate of drug-likeness (QED) is 0.644. The average Bonchev–Trinajstić information content (AvgIpc) is 2.87. The van der Waals surface area contributed by atoms with Crippen molar-refractivity contribution in [3.8, 4) is 0 Å². The highest BCUT2D eigenvalue weighted by Crippen LogP contribution is 2.30. The number of rotatable bonds is 6. The number of nitrogens with zero attached hydrogens (tertiary/aromatic N) is 1. The summed E-state index contributed by atoms with van der Waals surface area (Å²) in [6.07, 6.45) is 0.624. The molecule has 1 aliphatic rings. The molecule has 0 aromatic heterocycles. The molecule has 6 nitrogen and oxygen atoms in total. The summed E-state index contributed by atoms with van der Waals surface area (Å²) in [5.41, 5.74) is 0.470. The first-order valence-electron chi connectivity index (χ1n) is 8.71. The van der Waals surface area contributed by atoms with Gasteiger partial charge >= 0.3 is 6.03 Å². The van der Waals surface area contributed by atoms with E-state index in [0.717, 1.165) is 14.9 Å². The van der Waals surface area contributed by atoms with Crippen LogP contribution in [0.5, 0.6) is 0 Å². The molecule has 0 spiro atoms. The highest BCUT2D eigenvalue weighted by atomic mass is 79.9. The van der Waals surface area contributed by atoms with Gasteiger partial charge in [0.05, 0.1) is 0 Å². The molecule has 4 amide bonds. The molecule has 8 heteroatoms. The van der Waals surface area contributed by atoms with Crippen molar-refractivity contribution >= 4 is 45.4 Å². The largest absolute Gasteiger partial charge is 0.354 e. The highest BCUT2D eigenvalue weighted by Gasteiger charge is 2.49. The summed E-state index contributed by atoms with van der Waals surface area (Å²) in [5.74, 6) is -0.848. The molecule has 1 aliphatic heterocycles. The molecule has 0 saturated carbocycles. The summed E-state index contributed by atoms with van der Waals surface area (Å²) in [6.45, 7) is 1.70. The first-order chi connectivity index (χ1) is 13.3. The SMILES string of the molecule is CC1(c2cccc(Br)c2)NC(=O)N(CC(=O)NCCc2ccc(Cl)cc2)C1=O. The molecule has 1 unspecified atom stereocenters. The van der Waals surface area contributed by atoms with Gasteiger partial charge in [0, 0.05) is 16.0 Å². The van der Waals surface area contributed by atoms with Crippen LogP contribution in [0.4, 0.5) is 4.79 Å². The molecule has 28 heavy (non-hydrogen) atoms. The minimum absolute atomic E-state index is 0.325.